The molecule has 1 aliphatic carbocycles. The van der Waals surface area contributed by atoms with Crippen LogP contribution < -0.4 is 20.5 Å². The summed E-state index contributed by atoms with van der Waals surface area (Å²) in [5.41, 5.74) is 7.04. The smallest absolute Gasteiger partial charge is 0.251 e. The van der Waals surface area contributed by atoms with Crippen LogP contribution in [-0.2, 0) is 16.8 Å². The number of nitrogens with two attached hydrogens (primary N) is 1. The lowest BCUT2D eigenvalue weighted by Gasteiger charge is -2.30. The average molecular weight is 607 g/mol. The summed E-state index contributed by atoms with van der Waals surface area (Å²) < 4.78 is 25.1. The fraction of sp³-hybridized carbons (Fsp3) is 0.312. The van der Waals surface area contributed by atoms with E-state index in [1.807, 2.05) is 0 Å². The number of hydrogen-bond donors (Lipinski definition) is 3. The van der Waals surface area contributed by atoms with Crippen molar-refractivity contribution in [1.29, 1.82) is 0 Å². The minimum Gasteiger partial charge on any atom is -0.494 e. The van der Waals surface area contributed by atoms with Gasteiger partial charge in [-0.3, -0.25) is 9.59 Å². The van der Waals surface area contributed by atoms with E-state index in [9.17, 15) is 19.1 Å². The van der Waals surface area contributed by atoms with Gasteiger partial charge in [0, 0.05) is 22.1 Å². The molecule has 1 fully saturated rings. The van der Waals surface area contributed by atoms with Crippen LogP contribution in [0.25, 0.3) is 22.2 Å². The van der Waals surface area contributed by atoms with Crippen molar-refractivity contribution >= 4 is 34.3 Å². The molecule has 4 aromatic rings. The molecule has 2 aromatic heterocycles. The Balaban J connectivity index is 1.53. The first-order valence-electron chi connectivity index (χ1n) is 13.9. The number of hydrogen-bond acceptors (Lipinski definition) is 7. The zero-order valence-corrected chi connectivity index (χ0v) is 24.8. The van der Waals surface area contributed by atoms with Crippen LogP contribution in [-0.4, -0.2) is 47.2 Å². The van der Waals surface area contributed by atoms with Gasteiger partial charge in [-0.05, 0) is 81.1 Å². The molecule has 5 rings (SSSR count). The Labute approximate surface area is 253 Å². The van der Waals surface area contributed by atoms with Crippen LogP contribution >= 0.6 is 11.6 Å². The van der Waals surface area contributed by atoms with Crippen LogP contribution in [0.3, 0.4) is 0 Å². The van der Waals surface area contributed by atoms with Crippen molar-refractivity contribution in [2.75, 3.05) is 20.3 Å². The van der Waals surface area contributed by atoms with Crippen LogP contribution in [0.15, 0.2) is 48.5 Å². The molecular weight excluding hydrogens is 575 g/mol. The van der Waals surface area contributed by atoms with Crippen molar-refractivity contribution in [2.24, 2.45) is 11.7 Å². The Hall–Kier alpha value is -4.28. The van der Waals surface area contributed by atoms with Crippen molar-refractivity contribution in [1.82, 2.24) is 15.3 Å². The number of amides is 2. The summed E-state index contributed by atoms with van der Waals surface area (Å²) in [4.78, 5) is 34.7. The summed E-state index contributed by atoms with van der Waals surface area (Å²) >= 11 is 6.29. The van der Waals surface area contributed by atoms with Crippen molar-refractivity contribution in [3.63, 3.8) is 0 Å². The van der Waals surface area contributed by atoms with E-state index in [2.05, 4.69) is 10.3 Å². The standard InChI is InChI=1S/C32H32ClFN4O5/c1-4-43-30-20(15-27(35)39)14-26(38-29(30)18-5-9-23(34)10-6-18)32(41,22-7-8-22)16-36-31(40)21-11-19-12-24(33)17(2)37-28(19)25(13-21)42-3/h5-6,9-14,22,41H,4,7-8,15-16H2,1-3H3,(H2,35,39)(H,36,40)/t32-/m1/s1. The molecule has 2 aromatic carbocycles. The van der Waals surface area contributed by atoms with E-state index < -0.39 is 23.2 Å². The molecule has 2 heterocycles. The summed E-state index contributed by atoms with van der Waals surface area (Å²) in [6, 6.07) is 12.2. The number of nitrogens with one attached hydrogen (secondary N) is 1. The van der Waals surface area contributed by atoms with E-state index in [1.54, 1.807) is 50.2 Å². The topological polar surface area (TPSA) is 137 Å². The third-order valence-corrected chi connectivity index (χ3v) is 7.91. The fourth-order valence-electron chi connectivity index (χ4n) is 5.17. The molecule has 9 nitrogen and oxygen atoms in total. The first-order valence-corrected chi connectivity index (χ1v) is 14.3. The maximum Gasteiger partial charge on any atom is 0.251 e. The number of aryl methyl sites for hydroxylation is 1. The number of aliphatic hydroxyl groups is 1. The van der Waals surface area contributed by atoms with Gasteiger partial charge < -0.3 is 25.6 Å². The first kappa shape index (κ1) is 30.2. The zero-order valence-electron chi connectivity index (χ0n) is 24.0. The van der Waals surface area contributed by atoms with Gasteiger partial charge in [-0.15, -0.1) is 0 Å². The van der Waals surface area contributed by atoms with Gasteiger partial charge in [0.2, 0.25) is 5.91 Å². The van der Waals surface area contributed by atoms with Crippen molar-refractivity contribution in [3.05, 3.63) is 81.9 Å². The minimum absolute atomic E-state index is 0.163. The van der Waals surface area contributed by atoms with E-state index >= 15 is 0 Å². The van der Waals surface area contributed by atoms with E-state index in [4.69, 9.17) is 31.8 Å². The number of benzene rings is 2. The monoisotopic (exact) mass is 606 g/mol. The Kier molecular flexibility index (Phi) is 8.52. The molecule has 11 heteroatoms. The molecule has 0 spiro atoms. The summed E-state index contributed by atoms with van der Waals surface area (Å²) in [5.74, 6) is -0.930. The fourth-order valence-corrected chi connectivity index (χ4v) is 5.33. The number of carbonyl (C=O) groups excluding carboxylic acids is 2. The van der Waals surface area contributed by atoms with E-state index in [1.165, 1.54) is 19.2 Å². The summed E-state index contributed by atoms with van der Waals surface area (Å²) in [7, 11) is 1.49. The normalized spacial score (nSPS) is 14.3. The number of pyridine rings is 2. The van der Waals surface area contributed by atoms with Crippen molar-refractivity contribution < 1.29 is 28.6 Å². The highest BCUT2D eigenvalue weighted by atomic mass is 35.5. The number of halogens is 2. The maximum atomic E-state index is 13.8. The van der Waals surface area contributed by atoms with Crippen molar-refractivity contribution in [2.45, 2.75) is 38.7 Å². The SMILES string of the molecule is CCOc1c(CC(N)=O)cc([C@@](O)(CNC(=O)c2cc(OC)c3nc(C)c(Cl)cc3c2)C2CC2)nc1-c1ccc(F)cc1. The molecule has 0 saturated heterocycles. The predicted molar refractivity (Wildman–Crippen MR) is 161 cm³/mol. The number of primary amides is 1. The van der Waals surface area contributed by atoms with Gasteiger partial charge in [-0.2, -0.15) is 0 Å². The maximum absolute atomic E-state index is 13.8. The molecule has 4 N–H and O–H groups in total. The van der Waals surface area contributed by atoms with E-state index in [0.717, 1.165) is 0 Å². The second-order valence-electron chi connectivity index (χ2n) is 10.6. The lowest BCUT2D eigenvalue weighted by molar-refractivity contribution is -0.117. The van der Waals surface area contributed by atoms with Crippen LogP contribution in [0.4, 0.5) is 4.39 Å². The van der Waals surface area contributed by atoms with Crippen LogP contribution in [0.1, 0.15) is 47.1 Å². The van der Waals surface area contributed by atoms with Crippen molar-refractivity contribution in [3.8, 4) is 22.8 Å². The summed E-state index contributed by atoms with van der Waals surface area (Å²) in [5, 5.41) is 16.1. The van der Waals surface area contributed by atoms with Crippen LogP contribution in [0, 0.1) is 18.7 Å². The first-order chi connectivity index (χ1) is 20.5. The number of rotatable bonds is 11. The number of nitrogens with zero attached hydrogens (tertiary/aromatic N) is 2. The quantitative estimate of drug-likeness (QED) is 0.222. The second-order valence-corrected chi connectivity index (χ2v) is 11.0. The highest BCUT2D eigenvalue weighted by Crippen LogP contribution is 2.47. The van der Waals surface area contributed by atoms with Gasteiger partial charge in [0.1, 0.15) is 34.1 Å². The molecular formula is C32H32ClFN4O5. The van der Waals surface area contributed by atoms with Crippen LogP contribution in [0.2, 0.25) is 5.02 Å². The Morgan fingerprint density at radius 2 is 1.88 bits per heavy atom. The molecule has 0 bridgehead atoms. The number of carbonyl (C=O) groups is 2. The highest BCUT2D eigenvalue weighted by Gasteiger charge is 2.47. The highest BCUT2D eigenvalue weighted by molar-refractivity contribution is 6.31. The lowest BCUT2D eigenvalue weighted by Crippen LogP contribution is -2.43. The van der Waals surface area contributed by atoms with Gasteiger partial charge in [-0.1, -0.05) is 11.6 Å². The number of methoxy groups -OCH3 is 1. The molecule has 1 aliphatic rings. The Morgan fingerprint density at radius 3 is 2.51 bits per heavy atom. The van der Waals surface area contributed by atoms with E-state index in [0.29, 0.717) is 68.3 Å². The summed E-state index contributed by atoms with van der Waals surface area (Å²) in [6.07, 6.45) is 1.26. The zero-order chi connectivity index (χ0) is 30.9. The predicted octanol–water partition coefficient (Wildman–Crippen LogP) is 4.86. The molecule has 224 valence electrons. The van der Waals surface area contributed by atoms with E-state index in [-0.39, 0.29) is 31.2 Å². The Bertz CT molecular complexity index is 1710. The molecule has 2 amide bonds. The van der Waals surface area contributed by atoms with Crippen LogP contribution in [0.5, 0.6) is 11.5 Å². The number of aromatic nitrogens is 2. The largest absolute Gasteiger partial charge is 0.494 e. The van der Waals surface area contributed by atoms with Gasteiger partial charge in [0.15, 0.2) is 0 Å². The second kappa shape index (κ2) is 12.1. The van der Waals surface area contributed by atoms with Gasteiger partial charge in [0.05, 0.1) is 43.1 Å². The number of ether oxygens (including phenoxy) is 2. The third-order valence-electron chi connectivity index (χ3n) is 7.53. The molecule has 1 atom stereocenters. The van der Waals surface area contributed by atoms with Gasteiger partial charge in [-0.25, -0.2) is 14.4 Å². The molecule has 0 aliphatic heterocycles. The third kappa shape index (κ3) is 6.25. The number of fused-ring (bicyclic) bond motifs is 1. The molecule has 0 unspecified atom stereocenters. The lowest BCUT2D eigenvalue weighted by atomic mass is 9.90. The average Bonchev–Trinajstić information content (AvgIpc) is 3.83. The molecule has 0 radical (unpaired) electrons. The summed E-state index contributed by atoms with van der Waals surface area (Å²) in [6.45, 7) is 3.69. The molecule has 1 saturated carbocycles. The minimum atomic E-state index is -1.58. The van der Waals surface area contributed by atoms with Gasteiger partial charge >= 0.3 is 0 Å². The molecule has 43 heavy (non-hydrogen) atoms. The Morgan fingerprint density at radius 1 is 1.16 bits per heavy atom. The van der Waals surface area contributed by atoms with Gasteiger partial charge in [0.25, 0.3) is 5.91 Å².